The van der Waals surface area contributed by atoms with E-state index in [2.05, 4.69) is 10.1 Å². The Kier molecular flexibility index (Phi) is 6.02. The Bertz CT molecular complexity index is 1140. The molecule has 0 bridgehead atoms. The lowest BCUT2D eigenvalue weighted by Crippen LogP contribution is -2.35. The highest BCUT2D eigenvalue weighted by Gasteiger charge is 2.35. The lowest BCUT2D eigenvalue weighted by atomic mass is 9.86. The van der Waals surface area contributed by atoms with Crippen molar-refractivity contribution in [3.05, 3.63) is 52.8 Å². The number of furan rings is 1. The topological polar surface area (TPSA) is 82.0 Å². The van der Waals surface area contributed by atoms with Crippen molar-refractivity contribution in [2.75, 3.05) is 0 Å². The number of aliphatic imine (C=N–C) groups is 1. The molecule has 1 N–H and O–H groups in total. The summed E-state index contributed by atoms with van der Waals surface area (Å²) in [5.41, 5.74) is 1.05. The first-order valence-electron chi connectivity index (χ1n) is 10.9. The number of hydrazone groups is 1. The van der Waals surface area contributed by atoms with Gasteiger partial charge in [0, 0.05) is 10.6 Å². The number of benzene rings is 1. The number of fused-ring (bicyclic) bond motifs is 1. The fourth-order valence-electron chi connectivity index (χ4n) is 4.28. The van der Waals surface area contributed by atoms with Gasteiger partial charge >= 0.3 is 0 Å². The van der Waals surface area contributed by atoms with Gasteiger partial charge in [-0.3, -0.25) is 10.2 Å². The molecule has 3 aliphatic rings. The average Bonchev–Trinajstić information content (AvgIpc) is 3.44. The van der Waals surface area contributed by atoms with Crippen molar-refractivity contribution in [1.82, 2.24) is 5.01 Å². The zero-order valence-electron chi connectivity index (χ0n) is 17.5. The van der Waals surface area contributed by atoms with Crippen LogP contribution >= 0.6 is 23.4 Å². The molecule has 1 fully saturated rings. The maximum atomic E-state index is 12.6. The molecule has 1 amide bonds. The van der Waals surface area contributed by atoms with Crippen LogP contribution in [0.15, 0.2) is 56.5 Å². The molecular weight excluding hydrogens is 444 g/mol. The summed E-state index contributed by atoms with van der Waals surface area (Å²) in [6.45, 7) is 0. The fourth-order valence-corrected chi connectivity index (χ4v) is 5.30. The summed E-state index contributed by atoms with van der Waals surface area (Å²) in [5, 5.41) is 16.6. The third-order valence-electron chi connectivity index (χ3n) is 6.03. The number of nitrogens with one attached hydrogen (secondary N) is 1. The third-order valence-corrected chi connectivity index (χ3v) is 7.25. The second-order valence-corrected chi connectivity index (χ2v) is 9.74. The Labute approximate surface area is 195 Å². The molecule has 2 aliphatic heterocycles. The van der Waals surface area contributed by atoms with Crippen LogP contribution in [0.3, 0.4) is 0 Å². The van der Waals surface area contributed by atoms with Gasteiger partial charge in [0.15, 0.2) is 5.84 Å². The second kappa shape index (κ2) is 9.08. The molecule has 0 spiro atoms. The van der Waals surface area contributed by atoms with E-state index in [1.807, 2.05) is 18.2 Å². The number of hydrogen-bond donors (Lipinski definition) is 1. The second-order valence-electron chi connectivity index (χ2n) is 8.27. The molecule has 8 heteroatoms. The van der Waals surface area contributed by atoms with Crippen LogP contribution in [0.1, 0.15) is 50.7 Å². The molecule has 0 saturated heterocycles. The van der Waals surface area contributed by atoms with Gasteiger partial charge in [0.2, 0.25) is 5.17 Å². The van der Waals surface area contributed by atoms with E-state index in [-0.39, 0.29) is 11.4 Å². The van der Waals surface area contributed by atoms with Crippen LogP contribution in [0.5, 0.6) is 0 Å². The van der Waals surface area contributed by atoms with Crippen LogP contribution in [-0.4, -0.2) is 27.0 Å². The molecule has 6 nitrogen and oxygen atoms in total. The Morgan fingerprint density at radius 3 is 2.72 bits per heavy atom. The van der Waals surface area contributed by atoms with Crippen molar-refractivity contribution in [2.24, 2.45) is 16.0 Å². The van der Waals surface area contributed by atoms with Gasteiger partial charge in [0.1, 0.15) is 16.6 Å². The number of amidine groups is 2. The standard InChI is InChI=1S/C24H23ClN4O2S/c25-17-9-7-16(8-10-17)20-12-11-18(31-20)14-19-22(26)29-24(27-23(19)30)32-21(28-29)13-6-15-4-2-1-3-5-15/h7-12,14-15,26H,1-6,13H2. The monoisotopic (exact) mass is 466 g/mol. The van der Waals surface area contributed by atoms with Crippen molar-refractivity contribution in [3.8, 4) is 11.3 Å². The number of amides is 1. The molecule has 0 unspecified atom stereocenters. The Balaban J connectivity index is 1.31. The maximum Gasteiger partial charge on any atom is 0.283 e. The summed E-state index contributed by atoms with van der Waals surface area (Å²) in [6, 6.07) is 10.9. The van der Waals surface area contributed by atoms with Gasteiger partial charge in [0.25, 0.3) is 5.91 Å². The number of carbonyl (C=O) groups is 1. The molecule has 1 aliphatic carbocycles. The van der Waals surface area contributed by atoms with Gasteiger partial charge in [-0.15, -0.1) is 0 Å². The molecule has 1 aromatic carbocycles. The highest BCUT2D eigenvalue weighted by atomic mass is 35.5. The highest BCUT2D eigenvalue weighted by Crippen LogP contribution is 2.33. The van der Waals surface area contributed by atoms with Crippen LogP contribution in [0.4, 0.5) is 0 Å². The molecule has 0 atom stereocenters. The summed E-state index contributed by atoms with van der Waals surface area (Å²) in [5.74, 6) is 1.49. The number of carbonyl (C=O) groups excluding carboxylic acids is 1. The SMILES string of the molecule is N=C1C(=Cc2ccc(-c3ccc(Cl)cc3)o2)C(=O)N=C2SC(CCC3CCCCC3)=NN12. The number of nitrogens with zero attached hydrogens (tertiary/aromatic N) is 3. The van der Waals surface area contributed by atoms with Gasteiger partial charge in [0.05, 0.1) is 5.57 Å². The summed E-state index contributed by atoms with van der Waals surface area (Å²) in [6.07, 6.45) is 10.1. The fraction of sp³-hybridized carbons (Fsp3) is 0.333. The molecule has 1 aromatic heterocycles. The predicted octanol–water partition coefficient (Wildman–Crippen LogP) is 6.58. The van der Waals surface area contributed by atoms with E-state index >= 15 is 0 Å². The number of thioether (sulfide) groups is 1. The summed E-state index contributed by atoms with van der Waals surface area (Å²) < 4.78 is 5.87. The minimum absolute atomic E-state index is 0.0320. The predicted molar refractivity (Wildman–Crippen MR) is 130 cm³/mol. The van der Waals surface area contributed by atoms with E-state index in [0.717, 1.165) is 29.4 Å². The molecule has 0 radical (unpaired) electrons. The average molecular weight is 467 g/mol. The van der Waals surface area contributed by atoms with Gasteiger partial charge in [-0.2, -0.15) is 15.1 Å². The van der Waals surface area contributed by atoms with E-state index in [0.29, 0.717) is 21.7 Å². The molecule has 3 heterocycles. The van der Waals surface area contributed by atoms with Crippen LogP contribution in [0.2, 0.25) is 5.02 Å². The van der Waals surface area contributed by atoms with Crippen molar-refractivity contribution in [2.45, 2.75) is 44.9 Å². The lowest BCUT2D eigenvalue weighted by molar-refractivity contribution is -0.114. The number of rotatable bonds is 5. The maximum absolute atomic E-state index is 12.6. The van der Waals surface area contributed by atoms with Crippen LogP contribution < -0.4 is 0 Å². The van der Waals surface area contributed by atoms with E-state index in [4.69, 9.17) is 21.4 Å². The zero-order chi connectivity index (χ0) is 22.1. The highest BCUT2D eigenvalue weighted by molar-refractivity contribution is 8.26. The smallest absolute Gasteiger partial charge is 0.283 e. The number of hydrogen-bond acceptors (Lipinski definition) is 5. The molecule has 5 rings (SSSR count). The van der Waals surface area contributed by atoms with Crippen molar-refractivity contribution in [3.63, 3.8) is 0 Å². The van der Waals surface area contributed by atoms with Crippen LogP contribution in [0.25, 0.3) is 17.4 Å². The molecule has 2 aromatic rings. The Hall–Kier alpha value is -2.64. The van der Waals surface area contributed by atoms with E-state index in [1.54, 1.807) is 24.3 Å². The Morgan fingerprint density at radius 2 is 1.94 bits per heavy atom. The largest absolute Gasteiger partial charge is 0.457 e. The first-order valence-corrected chi connectivity index (χ1v) is 12.1. The van der Waals surface area contributed by atoms with Crippen LogP contribution in [-0.2, 0) is 4.79 Å². The minimum Gasteiger partial charge on any atom is -0.457 e. The van der Waals surface area contributed by atoms with Gasteiger partial charge in [-0.1, -0.05) is 43.7 Å². The lowest BCUT2D eigenvalue weighted by Gasteiger charge is -2.20. The van der Waals surface area contributed by atoms with Crippen molar-refractivity contribution in [1.29, 1.82) is 5.41 Å². The van der Waals surface area contributed by atoms with Gasteiger partial charge in [-0.25, -0.2) is 0 Å². The molecule has 164 valence electrons. The van der Waals surface area contributed by atoms with Crippen molar-refractivity contribution < 1.29 is 9.21 Å². The third kappa shape index (κ3) is 4.45. The van der Waals surface area contributed by atoms with E-state index in [1.165, 1.54) is 48.9 Å². The quantitative estimate of drug-likeness (QED) is 0.504. The van der Waals surface area contributed by atoms with Gasteiger partial charge in [-0.05, 0) is 73.0 Å². The van der Waals surface area contributed by atoms with Crippen molar-refractivity contribution >= 4 is 51.4 Å². The first kappa shape index (κ1) is 21.2. The summed E-state index contributed by atoms with van der Waals surface area (Å²) >= 11 is 7.35. The summed E-state index contributed by atoms with van der Waals surface area (Å²) in [7, 11) is 0. The van der Waals surface area contributed by atoms with E-state index in [9.17, 15) is 4.79 Å². The summed E-state index contributed by atoms with van der Waals surface area (Å²) in [4.78, 5) is 16.8. The van der Waals surface area contributed by atoms with E-state index < -0.39 is 5.91 Å². The minimum atomic E-state index is -0.443. The first-order chi connectivity index (χ1) is 15.6. The zero-order valence-corrected chi connectivity index (χ0v) is 19.1. The Morgan fingerprint density at radius 1 is 1.16 bits per heavy atom. The molecule has 1 saturated carbocycles. The molecule has 32 heavy (non-hydrogen) atoms. The molecular formula is C24H23ClN4O2S. The van der Waals surface area contributed by atoms with Crippen LogP contribution in [0, 0.1) is 11.3 Å². The number of halogens is 1. The van der Waals surface area contributed by atoms with Gasteiger partial charge < -0.3 is 4.42 Å². The normalized spacial score (nSPS) is 20.5.